The molecule has 6 heteroatoms. The largest absolute Gasteiger partial charge is 0.482 e. The van der Waals surface area contributed by atoms with Gasteiger partial charge in [-0.1, -0.05) is 0 Å². The van der Waals surface area contributed by atoms with Crippen molar-refractivity contribution in [1.82, 2.24) is 10.3 Å². The number of hydrogen-bond acceptors (Lipinski definition) is 5. The molecule has 0 aromatic carbocycles. The summed E-state index contributed by atoms with van der Waals surface area (Å²) in [6.45, 7) is 1.72. The summed E-state index contributed by atoms with van der Waals surface area (Å²) in [7, 11) is 0. The van der Waals surface area contributed by atoms with Crippen molar-refractivity contribution in [3.05, 3.63) is 28.6 Å². The second-order valence-corrected chi connectivity index (χ2v) is 3.69. The van der Waals surface area contributed by atoms with Crippen molar-refractivity contribution >= 4 is 5.69 Å². The molecule has 1 aromatic heterocycles. The fraction of sp³-hybridized carbons (Fsp3) is 0.500. The van der Waals surface area contributed by atoms with Crippen molar-refractivity contribution in [2.24, 2.45) is 0 Å². The Morgan fingerprint density at radius 3 is 3.19 bits per heavy atom. The molecule has 0 unspecified atom stereocenters. The Kier molecular flexibility index (Phi) is 3.31. The molecule has 1 aromatic rings. The maximum Gasteiger partial charge on any atom is 0.329 e. The zero-order valence-electron chi connectivity index (χ0n) is 8.76. The molecule has 1 saturated heterocycles. The van der Waals surface area contributed by atoms with E-state index < -0.39 is 4.92 Å². The summed E-state index contributed by atoms with van der Waals surface area (Å²) < 4.78 is 5.60. The third kappa shape index (κ3) is 2.46. The normalized spacial score (nSPS) is 20.4. The van der Waals surface area contributed by atoms with Crippen LogP contribution < -0.4 is 10.1 Å². The van der Waals surface area contributed by atoms with E-state index in [1.54, 1.807) is 0 Å². The lowest BCUT2D eigenvalue weighted by Gasteiger charge is -2.23. The lowest BCUT2D eigenvalue weighted by Crippen LogP contribution is -2.37. The fourth-order valence-corrected chi connectivity index (χ4v) is 1.71. The van der Waals surface area contributed by atoms with Gasteiger partial charge < -0.3 is 10.1 Å². The molecule has 0 bridgehead atoms. The number of hydrogen-bond donors (Lipinski definition) is 1. The van der Waals surface area contributed by atoms with Gasteiger partial charge in [-0.05, 0) is 19.4 Å². The monoisotopic (exact) mass is 223 g/mol. The molecule has 0 spiro atoms. The van der Waals surface area contributed by atoms with E-state index in [9.17, 15) is 10.1 Å². The van der Waals surface area contributed by atoms with Gasteiger partial charge in [0.1, 0.15) is 12.3 Å². The first-order chi connectivity index (χ1) is 7.77. The fourth-order valence-electron chi connectivity index (χ4n) is 1.71. The zero-order valence-corrected chi connectivity index (χ0v) is 8.76. The SMILES string of the molecule is O=[N+]([O-])c1cnccc1O[C@H]1CCCNC1. The molecule has 16 heavy (non-hydrogen) atoms. The Balaban J connectivity index is 2.10. The van der Waals surface area contributed by atoms with Crippen LogP contribution in [0.1, 0.15) is 12.8 Å². The van der Waals surface area contributed by atoms with E-state index in [4.69, 9.17) is 4.74 Å². The first-order valence-electron chi connectivity index (χ1n) is 5.23. The van der Waals surface area contributed by atoms with Crippen LogP contribution in [0, 0.1) is 10.1 Å². The number of nitrogens with zero attached hydrogens (tertiary/aromatic N) is 2. The number of nitrogens with one attached hydrogen (secondary N) is 1. The van der Waals surface area contributed by atoms with E-state index >= 15 is 0 Å². The van der Waals surface area contributed by atoms with Gasteiger partial charge in [-0.25, -0.2) is 0 Å². The smallest absolute Gasteiger partial charge is 0.329 e. The Morgan fingerprint density at radius 2 is 2.50 bits per heavy atom. The summed E-state index contributed by atoms with van der Waals surface area (Å²) in [5, 5.41) is 13.9. The average molecular weight is 223 g/mol. The van der Waals surface area contributed by atoms with E-state index in [1.165, 1.54) is 18.5 Å². The van der Waals surface area contributed by atoms with Gasteiger partial charge in [0.15, 0.2) is 0 Å². The Morgan fingerprint density at radius 1 is 1.62 bits per heavy atom. The van der Waals surface area contributed by atoms with Gasteiger partial charge in [-0.3, -0.25) is 15.1 Å². The van der Waals surface area contributed by atoms with Crippen LogP contribution in [0.4, 0.5) is 5.69 Å². The van der Waals surface area contributed by atoms with Crippen LogP contribution in [-0.2, 0) is 0 Å². The first-order valence-corrected chi connectivity index (χ1v) is 5.23. The van der Waals surface area contributed by atoms with Crippen LogP contribution in [0.15, 0.2) is 18.5 Å². The number of aromatic nitrogens is 1. The molecule has 1 N–H and O–H groups in total. The maximum absolute atomic E-state index is 10.7. The van der Waals surface area contributed by atoms with E-state index in [1.807, 2.05) is 0 Å². The Labute approximate surface area is 92.8 Å². The summed E-state index contributed by atoms with van der Waals surface area (Å²) in [5.74, 6) is 0.300. The molecule has 1 atom stereocenters. The van der Waals surface area contributed by atoms with Gasteiger partial charge >= 0.3 is 5.69 Å². The molecule has 86 valence electrons. The van der Waals surface area contributed by atoms with Crippen LogP contribution in [-0.4, -0.2) is 29.1 Å². The summed E-state index contributed by atoms with van der Waals surface area (Å²) >= 11 is 0. The molecule has 0 aliphatic carbocycles. The number of piperidine rings is 1. The minimum Gasteiger partial charge on any atom is -0.482 e. The second-order valence-electron chi connectivity index (χ2n) is 3.69. The van der Waals surface area contributed by atoms with Gasteiger partial charge in [0.2, 0.25) is 5.75 Å². The van der Waals surface area contributed by atoms with Crippen molar-refractivity contribution in [3.8, 4) is 5.75 Å². The highest BCUT2D eigenvalue weighted by atomic mass is 16.6. The van der Waals surface area contributed by atoms with Crippen molar-refractivity contribution in [3.63, 3.8) is 0 Å². The third-order valence-corrected chi connectivity index (χ3v) is 2.50. The van der Waals surface area contributed by atoms with Crippen LogP contribution in [0.25, 0.3) is 0 Å². The molecule has 1 aliphatic heterocycles. The summed E-state index contributed by atoms with van der Waals surface area (Å²) in [6.07, 6.45) is 4.68. The van der Waals surface area contributed by atoms with E-state index in [0.29, 0.717) is 5.75 Å². The minimum atomic E-state index is -0.474. The van der Waals surface area contributed by atoms with Crippen LogP contribution in [0.3, 0.4) is 0 Å². The molecule has 2 heterocycles. The highest BCUT2D eigenvalue weighted by molar-refractivity contribution is 5.43. The van der Waals surface area contributed by atoms with Crippen LogP contribution in [0.5, 0.6) is 5.75 Å². The van der Waals surface area contributed by atoms with E-state index in [2.05, 4.69) is 10.3 Å². The lowest BCUT2D eigenvalue weighted by molar-refractivity contribution is -0.386. The predicted molar refractivity (Wildman–Crippen MR) is 57.4 cm³/mol. The minimum absolute atomic E-state index is 0.00912. The molecule has 6 nitrogen and oxygen atoms in total. The standard InChI is InChI=1S/C10H13N3O3/c14-13(15)9-7-12-5-3-10(9)16-8-2-1-4-11-6-8/h3,5,7-8,11H,1-2,4,6H2/t8-/m0/s1. The lowest BCUT2D eigenvalue weighted by atomic mass is 10.1. The molecule has 2 rings (SSSR count). The van der Waals surface area contributed by atoms with Crippen LogP contribution >= 0.6 is 0 Å². The third-order valence-electron chi connectivity index (χ3n) is 2.50. The molecule has 1 aliphatic rings. The molecular formula is C10H13N3O3. The number of ether oxygens (including phenoxy) is 1. The molecule has 0 amide bonds. The average Bonchev–Trinajstić information content (AvgIpc) is 2.31. The molecule has 0 radical (unpaired) electrons. The highest BCUT2D eigenvalue weighted by Crippen LogP contribution is 2.26. The van der Waals surface area contributed by atoms with Gasteiger partial charge in [0.05, 0.1) is 4.92 Å². The Hall–Kier alpha value is -1.69. The predicted octanol–water partition coefficient (Wildman–Crippen LogP) is 1.12. The van der Waals surface area contributed by atoms with Crippen molar-refractivity contribution in [1.29, 1.82) is 0 Å². The number of nitro groups is 1. The van der Waals surface area contributed by atoms with Gasteiger partial charge in [0.25, 0.3) is 0 Å². The summed E-state index contributed by atoms with van der Waals surface area (Å²) in [5.41, 5.74) is -0.0759. The number of pyridine rings is 1. The zero-order chi connectivity index (χ0) is 11.4. The van der Waals surface area contributed by atoms with Crippen molar-refractivity contribution in [2.45, 2.75) is 18.9 Å². The number of rotatable bonds is 3. The second kappa shape index (κ2) is 4.89. The highest BCUT2D eigenvalue weighted by Gasteiger charge is 2.20. The maximum atomic E-state index is 10.7. The first kappa shape index (κ1) is 10.8. The molecule has 0 saturated carbocycles. The summed E-state index contributed by atoms with van der Waals surface area (Å²) in [6, 6.07) is 1.53. The summed E-state index contributed by atoms with van der Waals surface area (Å²) in [4.78, 5) is 14.0. The van der Waals surface area contributed by atoms with Gasteiger partial charge in [-0.15, -0.1) is 0 Å². The van der Waals surface area contributed by atoms with E-state index in [-0.39, 0.29) is 11.8 Å². The quantitative estimate of drug-likeness (QED) is 0.613. The van der Waals surface area contributed by atoms with Gasteiger partial charge in [-0.2, -0.15) is 0 Å². The topological polar surface area (TPSA) is 77.3 Å². The van der Waals surface area contributed by atoms with Crippen LogP contribution in [0.2, 0.25) is 0 Å². The molecular weight excluding hydrogens is 210 g/mol. The van der Waals surface area contributed by atoms with Gasteiger partial charge in [0, 0.05) is 18.8 Å². The van der Waals surface area contributed by atoms with Crippen molar-refractivity contribution in [2.75, 3.05) is 13.1 Å². The van der Waals surface area contributed by atoms with Crippen molar-refractivity contribution < 1.29 is 9.66 Å². The Bertz CT molecular complexity index is 377. The van der Waals surface area contributed by atoms with E-state index in [0.717, 1.165) is 25.9 Å². The molecule has 1 fully saturated rings.